The highest BCUT2D eigenvalue weighted by molar-refractivity contribution is 7.80. The van der Waals surface area contributed by atoms with E-state index in [0.717, 1.165) is 18.7 Å². The van der Waals surface area contributed by atoms with E-state index in [1.165, 1.54) is 0 Å². The van der Waals surface area contributed by atoms with Crippen molar-refractivity contribution in [2.75, 3.05) is 0 Å². The molecular weight excluding hydrogens is 220 g/mol. The molecule has 0 radical (unpaired) electrons. The lowest BCUT2D eigenvalue weighted by Gasteiger charge is -2.05. The summed E-state index contributed by atoms with van der Waals surface area (Å²) in [6, 6.07) is 5.88. The van der Waals surface area contributed by atoms with Crippen LogP contribution in [0.15, 0.2) is 36.8 Å². The minimum atomic E-state index is 0.325. The van der Waals surface area contributed by atoms with E-state index in [1.807, 2.05) is 29.0 Å². The summed E-state index contributed by atoms with van der Waals surface area (Å²) < 4.78 is 1.94. The molecule has 0 amide bonds. The van der Waals surface area contributed by atoms with Gasteiger partial charge in [0.1, 0.15) is 4.99 Å². The fourth-order valence-corrected chi connectivity index (χ4v) is 1.67. The molecule has 0 aliphatic heterocycles. The highest BCUT2D eigenvalue weighted by atomic mass is 32.1. The van der Waals surface area contributed by atoms with Crippen LogP contribution >= 0.6 is 12.2 Å². The fourth-order valence-electron chi connectivity index (χ4n) is 1.50. The number of nitrogens with two attached hydrogens (primary N) is 1. The van der Waals surface area contributed by atoms with Crippen LogP contribution in [0, 0.1) is 0 Å². The Morgan fingerprint density at radius 2 is 2.19 bits per heavy atom. The van der Waals surface area contributed by atoms with Crippen molar-refractivity contribution >= 4 is 17.2 Å². The van der Waals surface area contributed by atoms with Gasteiger partial charge in [0, 0.05) is 37.3 Å². The SMILES string of the molecule is NC(=S)c1nccn1CCc1ccccn1. The van der Waals surface area contributed by atoms with Crippen molar-refractivity contribution in [3.8, 4) is 0 Å². The van der Waals surface area contributed by atoms with Crippen molar-refractivity contribution in [3.05, 3.63) is 48.3 Å². The van der Waals surface area contributed by atoms with Crippen LogP contribution < -0.4 is 5.73 Å². The number of hydrogen-bond acceptors (Lipinski definition) is 3. The van der Waals surface area contributed by atoms with E-state index < -0.39 is 0 Å². The molecule has 0 spiro atoms. The standard InChI is InChI=1S/C11H12N4S/c12-10(16)11-14-6-8-15(11)7-4-9-3-1-2-5-13-9/h1-3,5-6,8H,4,7H2,(H2,12,16). The molecule has 16 heavy (non-hydrogen) atoms. The molecule has 0 saturated carbocycles. The Hall–Kier alpha value is -1.75. The molecule has 2 N–H and O–H groups in total. The molecule has 2 heterocycles. The maximum Gasteiger partial charge on any atom is 0.167 e. The van der Waals surface area contributed by atoms with Gasteiger partial charge in [-0.1, -0.05) is 18.3 Å². The molecule has 0 atom stereocenters. The van der Waals surface area contributed by atoms with Gasteiger partial charge in [0.05, 0.1) is 0 Å². The summed E-state index contributed by atoms with van der Waals surface area (Å²) in [5.41, 5.74) is 6.61. The van der Waals surface area contributed by atoms with Crippen molar-refractivity contribution in [2.45, 2.75) is 13.0 Å². The first-order valence-corrected chi connectivity index (χ1v) is 5.39. The lowest BCUT2D eigenvalue weighted by molar-refractivity contribution is 0.679. The molecule has 2 aromatic heterocycles. The van der Waals surface area contributed by atoms with Crippen LogP contribution in [0.4, 0.5) is 0 Å². The van der Waals surface area contributed by atoms with Crippen molar-refractivity contribution in [1.82, 2.24) is 14.5 Å². The fraction of sp³-hybridized carbons (Fsp3) is 0.182. The molecule has 0 bridgehead atoms. The number of aryl methyl sites for hydroxylation is 2. The minimum absolute atomic E-state index is 0.325. The third-order valence-electron chi connectivity index (χ3n) is 2.27. The molecule has 2 rings (SSSR count). The topological polar surface area (TPSA) is 56.7 Å². The molecule has 0 aromatic carbocycles. The second-order valence-electron chi connectivity index (χ2n) is 3.38. The number of nitrogens with zero attached hydrogens (tertiary/aromatic N) is 3. The van der Waals surface area contributed by atoms with Crippen molar-refractivity contribution in [1.29, 1.82) is 0 Å². The Bertz CT molecular complexity index is 478. The Morgan fingerprint density at radius 3 is 2.88 bits per heavy atom. The number of hydrogen-bond donors (Lipinski definition) is 1. The average Bonchev–Trinajstić information content (AvgIpc) is 2.76. The predicted octanol–water partition coefficient (Wildman–Crippen LogP) is 1.16. The summed E-state index contributed by atoms with van der Waals surface area (Å²) >= 11 is 4.91. The monoisotopic (exact) mass is 232 g/mol. The van der Waals surface area contributed by atoms with Crippen LogP contribution in [-0.4, -0.2) is 19.5 Å². The largest absolute Gasteiger partial charge is 0.387 e. The average molecular weight is 232 g/mol. The molecule has 0 aliphatic rings. The third-order valence-corrected chi connectivity index (χ3v) is 2.45. The molecule has 0 unspecified atom stereocenters. The number of rotatable bonds is 4. The van der Waals surface area contributed by atoms with Gasteiger partial charge >= 0.3 is 0 Å². The lowest BCUT2D eigenvalue weighted by atomic mass is 10.3. The quantitative estimate of drug-likeness (QED) is 0.804. The van der Waals surface area contributed by atoms with E-state index in [-0.39, 0.29) is 0 Å². The molecule has 5 heteroatoms. The van der Waals surface area contributed by atoms with Gasteiger partial charge in [-0.2, -0.15) is 0 Å². The maximum absolute atomic E-state index is 5.56. The van der Waals surface area contributed by atoms with Gasteiger partial charge < -0.3 is 10.3 Å². The highest BCUT2D eigenvalue weighted by Crippen LogP contribution is 2.02. The summed E-state index contributed by atoms with van der Waals surface area (Å²) in [6.07, 6.45) is 6.20. The predicted molar refractivity (Wildman–Crippen MR) is 66.1 cm³/mol. The zero-order chi connectivity index (χ0) is 11.4. The Labute approximate surface area is 99.1 Å². The molecule has 0 aliphatic carbocycles. The van der Waals surface area contributed by atoms with Gasteiger partial charge in [0.15, 0.2) is 5.82 Å². The first-order valence-electron chi connectivity index (χ1n) is 4.98. The molecule has 0 fully saturated rings. The van der Waals surface area contributed by atoms with Gasteiger partial charge in [0.2, 0.25) is 0 Å². The van der Waals surface area contributed by atoms with Gasteiger partial charge in [0.25, 0.3) is 0 Å². The van der Waals surface area contributed by atoms with Crippen molar-refractivity contribution in [3.63, 3.8) is 0 Å². The number of thiocarbonyl (C=S) groups is 1. The van der Waals surface area contributed by atoms with E-state index in [0.29, 0.717) is 10.8 Å². The zero-order valence-electron chi connectivity index (χ0n) is 8.71. The normalized spacial score (nSPS) is 10.2. The first kappa shape index (κ1) is 10.8. The van der Waals surface area contributed by atoms with E-state index >= 15 is 0 Å². The van der Waals surface area contributed by atoms with E-state index in [1.54, 1.807) is 12.4 Å². The summed E-state index contributed by atoms with van der Waals surface area (Å²) in [6.45, 7) is 0.781. The Kier molecular flexibility index (Phi) is 3.26. The molecule has 2 aromatic rings. The minimum Gasteiger partial charge on any atom is -0.387 e. The summed E-state index contributed by atoms with van der Waals surface area (Å²) in [5.74, 6) is 0.658. The molecule has 4 nitrogen and oxygen atoms in total. The number of pyridine rings is 1. The molecular formula is C11H12N4S. The van der Waals surface area contributed by atoms with Gasteiger partial charge in [-0.05, 0) is 12.1 Å². The van der Waals surface area contributed by atoms with Crippen LogP contribution in [-0.2, 0) is 13.0 Å². The van der Waals surface area contributed by atoms with Gasteiger partial charge in [-0.15, -0.1) is 0 Å². The zero-order valence-corrected chi connectivity index (χ0v) is 9.52. The van der Waals surface area contributed by atoms with Crippen LogP contribution in [0.5, 0.6) is 0 Å². The molecule has 0 saturated heterocycles. The smallest absolute Gasteiger partial charge is 0.167 e. The second kappa shape index (κ2) is 4.85. The van der Waals surface area contributed by atoms with Crippen LogP contribution in [0.2, 0.25) is 0 Å². The van der Waals surface area contributed by atoms with E-state index in [4.69, 9.17) is 18.0 Å². The highest BCUT2D eigenvalue weighted by Gasteiger charge is 2.05. The number of aromatic nitrogens is 3. The van der Waals surface area contributed by atoms with Gasteiger partial charge in [-0.25, -0.2) is 4.98 Å². The van der Waals surface area contributed by atoms with Crippen molar-refractivity contribution in [2.24, 2.45) is 5.73 Å². The molecule has 82 valence electrons. The lowest BCUT2D eigenvalue weighted by Crippen LogP contribution is -2.17. The summed E-state index contributed by atoms with van der Waals surface area (Å²) in [4.78, 5) is 8.68. The van der Waals surface area contributed by atoms with Crippen LogP contribution in [0.25, 0.3) is 0 Å². The van der Waals surface area contributed by atoms with Gasteiger partial charge in [-0.3, -0.25) is 4.98 Å². The van der Waals surface area contributed by atoms with Crippen LogP contribution in [0.1, 0.15) is 11.5 Å². The Balaban J connectivity index is 2.05. The third kappa shape index (κ3) is 2.43. The number of imidazole rings is 1. The summed E-state index contributed by atoms with van der Waals surface area (Å²) in [7, 11) is 0. The van der Waals surface area contributed by atoms with Crippen LogP contribution in [0.3, 0.4) is 0 Å². The van der Waals surface area contributed by atoms with E-state index in [9.17, 15) is 0 Å². The second-order valence-corrected chi connectivity index (χ2v) is 3.82. The first-order chi connectivity index (χ1) is 7.77. The summed E-state index contributed by atoms with van der Waals surface area (Å²) in [5, 5.41) is 0. The maximum atomic E-state index is 5.56. The Morgan fingerprint density at radius 1 is 1.31 bits per heavy atom. The van der Waals surface area contributed by atoms with E-state index in [2.05, 4.69) is 9.97 Å². The van der Waals surface area contributed by atoms with Crippen molar-refractivity contribution < 1.29 is 0 Å².